The number of aliphatic hydroxyl groups excluding tert-OH is 1. The van der Waals surface area contributed by atoms with Crippen molar-refractivity contribution in [2.45, 2.75) is 38.2 Å². The van der Waals surface area contributed by atoms with Gasteiger partial charge in [-0.05, 0) is 71.3 Å². The highest BCUT2D eigenvalue weighted by Crippen LogP contribution is 2.33. The maximum absolute atomic E-state index is 12.4. The number of carboxylic acids is 1. The molecule has 1 aliphatic carbocycles. The number of aromatic carboxylic acids is 1. The van der Waals surface area contributed by atoms with Gasteiger partial charge in [0.1, 0.15) is 5.78 Å². The smallest absolute Gasteiger partial charge is 0.335 e. The Bertz CT molecular complexity index is 1100. The Kier molecular flexibility index (Phi) is 6.64. The third-order valence-electron chi connectivity index (χ3n) is 6.15. The van der Waals surface area contributed by atoms with Gasteiger partial charge in [-0.3, -0.25) is 4.79 Å². The zero-order valence-corrected chi connectivity index (χ0v) is 18.1. The average Bonchev–Trinajstić information content (AvgIpc) is 3.37. The number of carbonyl (C=O) groups excluding carboxylic acids is 1. The van der Waals surface area contributed by atoms with Crippen LogP contribution in [0.5, 0.6) is 0 Å². The van der Waals surface area contributed by atoms with Crippen molar-refractivity contribution in [2.75, 3.05) is 0 Å². The number of carbonyl (C=O) groups is 2. The maximum atomic E-state index is 12.4. The molecule has 0 saturated heterocycles. The highest BCUT2D eigenvalue weighted by atomic mass is 32.1. The van der Waals surface area contributed by atoms with E-state index in [9.17, 15) is 14.7 Å². The average molecular weight is 435 g/mol. The van der Waals surface area contributed by atoms with Gasteiger partial charge < -0.3 is 10.2 Å². The standard InChI is InChI=1S/C26H26O4S/c27-22(15-18-3-5-20-13-14-31-25(20)16-18)10-8-19-9-12-24(28)23(19)11-4-17-1-6-21(7-2-17)26(29)30/h1-3,5-8,10,13-14,16,19,22-23,27H,4,9,11-12,15H2,(H,29,30)/b10-8+. The predicted molar refractivity (Wildman–Crippen MR) is 124 cm³/mol. The van der Waals surface area contributed by atoms with Crippen LogP contribution in [0.1, 0.15) is 40.7 Å². The highest BCUT2D eigenvalue weighted by Gasteiger charge is 2.32. The molecule has 31 heavy (non-hydrogen) atoms. The summed E-state index contributed by atoms with van der Waals surface area (Å²) in [6.45, 7) is 0. The van der Waals surface area contributed by atoms with Crippen LogP contribution in [-0.2, 0) is 17.6 Å². The Balaban J connectivity index is 1.34. The number of benzene rings is 2. The molecule has 0 spiro atoms. The normalized spacial score (nSPS) is 20.0. The van der Waals surface area contributed by atoms with Crippen LogP contribution in [0, 0.1) is 11.8 Å². The van der Waals surface area contributed by atoms with Gasteiger partial charge in [-0.1, -0.05) is 36.4 Å². The third kappa shape index (κ3) is 5.30. The van der Waals surface area contributed by atoms with E-state index in [2.05, 4.69) is 29.6 Å². The molecule has 4 nitrogen and oxygen atoms in total. The van der Waals surface area contributed by atoms with Crippen LogP contribution < -0.4 is 0 Å². The molecule has 1 aliphatic rings. The Morgan fingerprint density at radius 3 is 2.68 bits per heavy atom. The molecule has 0 aliphatic heterocycles. The first kappa shape index (κ1) is 21.5. The van der Waals surface area contributed by atoms with Crippen molar-refractivity contribution in [3.05, 3.63) is 82.8 Å². The molecule has 160 valence electrons. The second kappa shape index (κ2) is 9.58. The Morgan fingerprint density at radius 1 is 1.13 bits per heavy atom. The molecule has 2 aromatic carbocycles. The molecular weight excluding hydrogens is 408 g/mol. The summed E-state index contributed by atoms with van der Waals surface area (Å²) in [5.74, 6) is -0.531. The van der Waals surface area contributed by atoms with E-state index in [1.54, 1.807) is 23.5 Å². The van der Waals surface area contributed by atoms with Crippen LogP contribution >= 0.6 is 11.3 Å². The first-order chi connectivity index (χ1) is 15.0. The number of fused-ring (bicyclic) bond motifs is 1. The topological polar surface area (TPSA) is 74.6 Å². The third-order valence-corrected chi connectivity index (χ3v) is 7.02. The monoisotopic (exact) mass is 434 g/mol. The van der Waals surface area contributed by atoms with Crippen LogP contribution in [0.2, 0.25) is 0 Å². The number of aliphatic hydroxyl groups is 1. The Morgan fingerprint density at radius 2 is 1.90 bits per heavy atom. The second-order valence-electron chi connectivity index (χ2n) is 8.27. The predicted octanol–water partition coefficient (Wildman–Crippen LogP) is 5.29. The van der Waals surface area contributed by atoms with E-state index in [4.69, 9.17) is 5.11 Å². The molecule has 1 aromatic heterocycles. The van der Waals surface area contributed by atoms with Gasteiger partial charge in [0, 0.05) is 23.5 Å². The lowest BCUT2D eigenvalue weighted by Gasteiger charge is -2.16. The van der Waals surface area contributed by atoms with Gasteiger partial charge >= 0.3 is 5.97 Å². The lowest BCUT2D eigenvalue weighted by Crippen LogP contribution is -2.15. The lowest BCUT2D eigenvalue weighted by atomic mass is 9.88. The summed E-state index contributed by atoms with van der Waals surface area (Å²) in [4.78, 5) is 23.4. The quantitative estimate of drug-likeness (QED) is 0.473. The van der Waals surface area contributed by atoms with Gasteiger partial charge in [0.2, 0.25) is 0 Å². The minimum atomic E-state index is -0.934. The molecule has 0 amide bonds. The minimum Gasteiger partial charge on any atom is -0.478 e. The summed E-state index contributed by atoms with van der Waals surface area (Å²) in [6, 6.07) is 15.2. The van der Waals surface area contributed by atoms with Crippen LogP contribution in [0.15, 0.2) is 66.1 Å². The molecule has 0 radical (unpaired) electrons. The lowest BCUT2D eigenvalue weighted by molar-refractivity contribution is -0.121. The number of Topliss-reactive ketones (excluding diaryl/α,β-unsaturated/α-hetero) is 1. The summed E-state index contributed by atoms with van der Waals surface area (Å²) >= 11 is 1.70. The van der Waals surface area contributed by atoms with Crippen LogP contribution in [0.3, 0.4) is 0 Å². The van der Waals surface area contributed by atoms with Gasteiger partial charge in [-0.15, -0.1) is 11.3 Å². The summed E-state index contributed by atoms with van der Waals surface area (Å²) in [5, 5.41) is 22.8. The molecule has 3 aromatic rings. The molecule has 1 fully saturated rings. The van der Waals surface area contributed by atoms with E-state index in [1.807, 2.05) is 24.3 Å². The van der Waals surface area contributed by atoms with E-state index >= 15 is 0 Å². The van der Waals surface area contributed by atoms with E-state index in [0.717, 1.165) is 30.4 Å². The van der Waals surface area contributed by atoms with Gasteiger partial charge in [0.05, 0.1) is 11.7 Å². The summed E-state index contributed by atoms with van der Waals surface area (Å²) < 4.78 is 1.23. The zero-order chi connectivity index (χ0) is 21.8. The molecule has 1 heterocycles. The van der Waals surface area contributed by atoms with Crippen molar-refractivity contribution in [3.63, 3.8) is 0 Å². The molecular formula is C26H26O4S. The molecule has 3 unspecified atom stereocenters. The van der Waals surface area contributed by atoms with Gasteiger partial charge in [0.15, 0.2) is 0 Å². The van der Waals surface area contributed by atoms with Crippen LogP contribution in [0.4, 0.5) is 0 Å². The Hall–Kier alpha value is -2.76. The summed E-state index contributed by atoms with van der Waals surface area (Å²) in [6.07, 6.45) is 6.75. The fourth-order valence-electron chi connectivity index (χ4n) is 4.38. The van der Waals surface area contributed by atoms with Crippen molar-refractivity contribution in [3.8, 4) is 0 Å². The fraction of sp³-hybridized carbons (Fsp3) is 0.308. The van der Waals surface area contributed by atoms with Gasteiger partial charge in [-0.25, -0.2) is 4.79 Å². The molecule has 1 saturated carbocycles. The van der Waals surface area contributed by atoms with Crippen molar-refractivity contribution < 1.29 is 19.8 Å². The number of aryl methyl sites for hydroxylation is 1. The zero-order valence-electron chi connectivity index (χ0n) is 17.2. The Labute approximate surface area is 185 Å². The summed E-state index contributed by atoms with van der Waals surface area (Å²) in [7, 11) is 0. The van der Waals surface area contributed by atoms with E-state index in [-0.39, 0.29) is 23.2 Å². The molecule has 2 N–H and O–H groups in total. The molecule has 0 bridgehead atoms. The number of thiophene rings is 1. The summed E-state index contributed by atoms with van der Waals surface area (Å²) in [5.41, 5.74) is 2.42. The number of carboxylic acid groups (broad SMARTS) is 1. The minimum absolute atomic E-state index is 0.0370. The van der Waals surface area contributed by atoms with Crippen molar-refractivity contribution in [1.29, 1.82) is 0 Å². The number of rotatable bonds is 8. The van der Waals surface area contributed by atoms with E-state index in [1.165, 1.54) is 10.1 Å². The van der Waals surface area contributed by atoms with Crippen molar-refractivity contribution in [2.24, 2.45) is 11.8 Å². The van der Waals surface area contributed by atoms with Crippen molar-refractivity contribution >= 4 is 33.2 Å². The second-order valence-corrected chi connectivity index (χ2v) is 9.21. The maximum Gasteiger partial charge on any atom is 0.335 e. The van der Waals surface area contributed by atoms with Crippen LogP contribution in [-0.4, -0.2) is 28.1 Å². The largest absolute Gasteiger partial charge is 0.478 e. The fourth-order valence-corrected chi connectivity index (χ4v) is 5.24. The molecule has 4 rings (SSSR count). The van der Waals surface area contributed by atoms with E-state index in [0.29, 0.717) is 12.8 Å². The SMILES string of the molecule is O=C(O)c1ccc(CCC2C(=O)CCC2/C=C/C(O)Cc2ccc3ccsc3c2)cc1. The number of hydrogen-bond donors (Lipinski definition) is 2. The number of allylic oxidation sites excluding steroid dienone is 1. The van der Waals surface area contributed by atoms with Gasteiger partial charge in [-0.2, -0.15) is 0 Å². The van der Waals surface area contributed by atoms with Crippen LogP contribution in [0.25, 0.3) is 10.1 Å². The molecule has 5 heteroatoms. The van der Waals surface area contributed by atoms with Gasteiger partial charge in [0.25, 0.3) is 0 Å². The first-order valence-corrected chi connectivity index (χ1v) is 11.5. The van der Waals surface area contributed by atoms with Crippen molar-refractivity contribution in [1.82, 2.24) is 0 Å². The number of hydrogen-bond acceptors (Lipinski definition) is 4. The molecule has 3 atom stereocenters. The first-order valence-electron chi connectivity index (χ1n) is 10.7. The van der Waals surface area contributed by atoms with E-state index < -0.39 is 12.1 Å². The number of ketones is 1. The highest BCUT2D eigenvalue weighted by molar-refractivity contribution is 7.17.